The second kappa shape index (κ2) is 6.43. The van der Waals surface area contributed by atoms with E-state index in [4.69, 9.17) is 0 Å². The standard InChI is InChI=1S/C26H26/c1-18-6-2-5-9-24(18)22-11-10-20(16-22)21-12-14-26-23(17-21)13-15-25(26)19-7-3-4-8-19/h2,5-6,9,11-17,19,25H,3-4,7-8,10H2,1H3. The molecular formula is C26H26. The molecule has 0 saturated heterocycles. The Bertz CT molecular complexity index is 932. The molecule has 0 N–H and O–H groups in total. The fourth-order valence-corrected chi connectivity index (χ4v) is 5.07. The number of hydrogen-bond donors (Lipinski definition) is 0. The molecule has 0 aliphatic heterocycles. The number of allylic oxidation sites excluding steroid dienone is 5. The summed E-state index contributed by atoms with van der Waals surface area (Å²) in [5, 5.41) is 0. The van der Waals surface area contributed by atoms with E-state index in [1.54, 1.807) is 5.56 Å². The number of fused-ring (bicyclic) bond motifs is 1. The van der Waals surface area contributed by atoms with Crippen molar-refractivity contribution < 1.29 is 0 Å². The zero-order valence-electron chi connectivity index (χ0n) is 15.5. The van der Waals surface area contributed by atoms with Gasteiger partial charge in [0, 0.05) is 5.92 Å². The van der Waals surface area contributed by atoms with Crippen LogP contribution in [-0.2, 0) is 0 Å². The SMILES string of the molecule is Cc1ccccc1C1=CCC(c2ccc3c(c2)C=CC3C2CCCC2)=C1. The molecule has 1 saturated carbocycles. The van der Waals surface area contributed by atoms with Crippen molar-refractivity contribution in [1.29, 1.82) is 0 Å². The first kappa shape index (κ1) is 15.9. The van der Waals surface area contributed by atoms with E-state index in [1.807, 2.05) is 0 Å². The van der Waals surface area contributed by atoms with Crippen molar-refractivity contribution >= 4 is 17.2 Å². The number of rotatable bonds is 3. The molecular weight excluding hydrogens is 312 g/mol. The molecule has 26 heavy (non-hydrogen) atoms. The lowest BCUT2D eigenvalue weighted by molar-refractivity contribution is 0.498. The predicted molar refractivity (Wildman–Crippen MR) is 112 cm³/mol. The Morgan fingerprint density at radius 3 is 2.65 bits per heavy atom. The Morgan fingerprint density at radius 2 is 1.81 bits per heavy atom. The minimum atomic E-state index is 0.666. The van der Waals surface area contributed by atoms with Crippen molar-refractivity contribution in [3.05, 3.63) is 88.5 Å². The molecule has 5 rings (SSSR count). The van der Waals surface area contributed by atoms with Gasteiger partial charge in [-0.1, -0.05) is 73.5 Å². The first-order valence-corrected chi connectivity index (χ1v) is 10.1. The Hall–Kier alpha value is -2.34. The van der Waals surface area contributed by atoms with E-state index >= 15 is 0 Å². The Balaban J connectivity index is 1.42. The van der Waals surface area contributed by atoms with E-state index in [0.717, 1.165) is 12.3 Å². The molecule has 2 aromatic carbocycles. The molecule has 3 aliphatic rings. The number of aryl methyl sites for hydroxylation is 1. The van der Waals surface area contributed by atoms with Crippen LogP contribution in [0.15, 0.2) is 60.7 Å². The quantitative estimate of drug-likeness (QED) is 0.556. The van der Waals surface area contributed by atoms with Gasteiger partial charge in [0.05, 0.1) is 0 Å². The normalized spacial score (nSPS) is 21.8. The van der Waals surface area contributed by atoms with Crippen LogP contribution in [0, 0.1) is 12.8 Å². The molecule has 1 fully saturated rings. The highest BCUT2D eigenvalue weighted by Gasteiger charge is 2.28. The molecule has 0 amide bonds. The second-order valence-corrected chi connectivity index (χ2v) is 8.12. The Kier molecular flexibility index (Phi) is 3.93. The topological polar surface area (TPSA) is 0 Å². The van der Waals surface area contributed by atoms with Crippen LogP contribution in [0.5, 0.6) is 0 Å². The van der Waals surface area contributed by atoms with Crippen molar-refractivity contribution in [3.63, 3.8) is 0 Å². The molecule has 0 heterocycles. The van der Waals surface area contributed by atoms with E-state index in [0.29, 0.717) is 5.92 Å². The van der Waals surface area contributed by atoms with Crippen LogP contribution >= 0.6 is 0 Å². The number of benzene rings is 2. The summed E-state index contributed by atoms with van der Waals surface area (Å²) in [4.78, 5) is 0. The molecule has 2 aromatic rings. The van der Waals surface area contributed by atoms with Crippen molar-refractivity contribution in [3.8, 4) is 0 Å². The van der Waals surface area contributed by atoms with Gasteiger partial charge in [-0.15, -0.1) is 0 Å². The monoisotopic (exact) mass is 338 g/mol. The minimum Gasteiger partial charge on any atom is -0.0761 e. The highest BCUT2D eigenvalue weighted by Crippen LogP contribution is 2.44. The minimum absolute atomic E-state index is 0.666. The van der Waals surface area contributed by atoms with Crippen LogP contribution in [0.25, 0.3) is 17.2 Å². The molecule has 3 aliphatic carbocycles. The fraction of sp³-hybridized carbons (Fsp3) is 0.308. The zero-order valence-corrected chi connectivity index (χ0v) is 15.5. The summed E-state index contributed by atoms with van der Waals surface area (Å²) in [6.07, 6.45) is 16.3. The fourth-order valence-electron chi connectivity index (χ4n) is 5.07. The van der Waals surface area contributed by atoms with Gasteiger partial charge in [-0.2, -0.15) is 0 Å². The second-order valence-electron chi connectivity index (χ2n) is 8.12. The molecule has 0 radical (unpaired) electrons. The maximum absolute atomic E-state index is 2.46. The number of hydrogen-bond acceptors (Lipinski definition) is 0. The third-order valence-corrected chi connectivity index (χ3v) is 6.54. The van der Waals surface area contributed by atoms with Crippen LogP contribution in [0.3, 0.4) is 0 Å². The Labute approximate surface area is 157 Å². The lowest BCUT2D eigenvalue weighted by Crippen LogP contribution is -2.05. The van der Waals surface area contributed by atoms with Gasteiger partial charge < -0.3 is 0 Å². The maximum atomic E-state index is 2.46. The highest BCUT2D eigenvalue weighted by atomic mass is 14.3. The van der Waals surface area contributed by atoms with Gasteiger partial charge >= 0.3 is 0 Å². The van der Waals surface area contributed by atoms with Gasteiger partial charge in [0.2, 0.25) is 0 Å². The summed E-state index contributed by atoms with van der Waals surface area (Å²) in [6, 6.07) is 15.9. The van der Waals surface area contributed by atoms with E-state index in [-0.39, 0.29) is 0 Å². The summed E-state index contributed by atoms with van der Waals surface area (Å²) in [5.74, 6) is 1.54. The average Bonchev–Trinajstić information content (AvgIpc) is 3.41. The average molecular weight is 338 g/mol. The first-order chi connectivity index (χ1) is 12.8. The van der Waals surface area contributed by atoms with Crippen LogP contribution in [0.1, 0.15) is 65.8 Å². The van der Waals surface area contributed by atoms with Crippen LogP contribution < -0.4 is 0 Å². The van der Waals surface area contributed by atoms with E-state index in [2.05, 4.69) is 73.7 Å². The zero-order chi connectivity index (χ0) is 17.5. The van der Waals surface area contributed by atoms with Gasteiger partial charge in [-0.3, -0.25) is 0 Å². The van der Waals surface area contributed by atoms with Gasteiger partial charge in [0.25, 0.3) is 0 Å². The molecule has 0 aromatic heterocycles. The molecule has 0 bridgehead atoms. The van der Waals surface area contributed by atoms with Gasteiger partial charge in [-0.25, -0.2) is 0 Å². The lowest BCUT2D eigenvalue weighted by Gasteiger charge is -2.18. The molecule has 0 heteroatoms. The van der Waals surface area contributed by atoms with Crippen LogP contribution in [0.4, 0.5) is 0 Å². The van der Waals surface area contributed by atoms with Crippen molar-refractivity contribution in [2.75, 3.05) is 0 Å². The maximum Gasteiger partial charge on any atom is 0.00555 e. The smallest absolute Gasteiger partial charge is 0.00555 e. The summed E-state index contributed by atoms with van der Waals surface area (Å²) in [7, 11) is 0. The highest BCUT2D eigenvalue weighted by molar-refractivity contribution is 5.90. The van der Waals surface area contributed by atoms with Gasteiger partial charge in [0.1, 0.15) is 0 Å². The third-order valence-electron chi connectivity index (χ3n) is 6.54. The van der Waals surface area contributed by atoms with E-state index in [1.165, 1.54) is 59.1 Å². The molecule has 1 atom stereocenters. The Morgan fingerprint density at radius 1 is 0.962 bits per heavy atom. The van der Waals surface area contributed by atoms with Crippen molar-refractivity contribution in [2.45, 2.75) is 44.9 Å². The van der Waals surface area contributed by atoms with Crippen molar-refractivity contribution in [1.82, 2.24) is 0 Å². The summed E-state index contributed by atoms with van der Waals surface area (Å²) < 4.78 is 0. The van der Waals surface area contributed by atoms with Crippen molar-refractivity contribution in [2.24, 2.45) is 5.92 Å². The molecule has 1 unspecified atom stereocenters. The summed E-state index contributed by atoms with van der Waals surface area (Å²) in [5.41, 5.74) is 9.94. The van der Waals surface area contributed by atoms with Crippen LogP contribution in [-0.4, -0.2) is 0 Å². The molecule has 0 spiro atoms. The largest absolute Gasteiger partial charge is 0.0761 e. The van der Waals surface area contributed by atoms with Crippen LogP contribution in [0.2, 0.25) is 0 Å². The van der Waals surface area contributed by atoms with E-state index in [9.17, 15) is 0 Å². The van der Waals surface area contributed by atoms with Gasteiger partial charge in [0.15, 0.2) is 0 Å². The lowest BCUT2D eigenvalue weighted by atomic mass is 9.86. The van der Waals surface area contributed by atoms with E-state index < -0.39 is 0 Å². The first-order valence-electron chi connectivity index (χ1n) is 10.1. The molecule has 0 nitrogen and oxygen atoms in total. The summed E-state index contributed by atoms with van der Waals surface area (Å²) in [6.45, 7) is 2.20. The summed E-state index contributed by atoms with van der Waals surface area (Å²) >= 11 is 0. The predicted octanol–water partition coefficient (Wildman–Crippen LogP) is 7.17. The molecule has 130 valence electrons. The van der Waals surface area contributed by atoms with Gasteiger partial charge in [-0.05, 0) is 77.1 Å². The third kappa shape index (κ3) is 2.69.